The molecular weight excluding hydrogens is 458 g/mol. The van der Waals surface area contributed by atoms with Crippen LogP contribution in [-0.4, -0.2) is 83.4 Å². The predicted octanol–water partition coefficient (Wildman–Crippen LogP) is 2.07. The van der Waals surface area contributed by atoms with Crippen LogP contribution in [0, 0.1) is 0 Å². The number of carbonyl (C=O) groups is 4. The van der Waals surface area contributed by atoms with E-state index in [4.69, 9.17) is 4.74 Å². The van der Waals surface area contributed by atoms with E-state index < -0.39 is 5.25 Å². The highest BCUT2D eigenvalue weighted by molar-refractivity contribution is 8.15. The summed E-state index contributed by atoms with van der Waals surface area (Å²) >= 11 is 1.36. The lowest BCUT2D eigenvalue weighted by Crippen LogP contribution is -2.46. The van der Waals surface area contributed by atoms with Crippen LogP contribution in [0.4, 0.5) is 10.5 Å². The third-order valence-electron chi connectivity index (χ3n) is 6.17. The summed E-state index contributed by atoms with van der Waals surface area (Å²) in [5, 5.41) is 6.02. The first kappa shape index (κ1) is 24.1. The molecule has 4 rings (SSSR count). The fraction of sp³-hybridized carbons (Fsp3) is 0.522. The molecule has 3 aliphatic rings. The van der Waals surface area contributed by atoms with Gasteiger partial charge < -0.3 is 25.2 Å². The van der Waals surface area contributed by atoms with Crippen molar-refractivity contribution in [3.63, 3.8) is 0 Å². The molecule has 0 spiro atoms. The summed E-state index contributed by atoms with van der Waals surface area (Å²) < 4.78 is 4.73. The summed E-state index contributed by atoms with van der Waals surface area (Å²) in [4.78, 5) is 56.6. The molecular formula is C23H29N5O5S. The van der Waals surface area contributed by atoms with Gasteiger partial charge >= 0.3 is 6.09 Å². The summed E-state index contributed by atoms with van der Waals surface area (Å²) in [6, 6.07) is 6.63. The minimum Gasteiger partial charge on any atom is -0.453 e. The highest BCUT2D eigenvalue weighted by Gasteiger charge is 2.33. The number of carbonyl (C=O) groups excluding carboxylic acids is 4. The third-order valence-corrected chi connectivity index (χ3v) is 7.38. The number of amidine groups is 1. The van der Waals surface area contributed by atoms with Gasteiger partial charge in [-0.05, 0) is 49.9 Å². The Morgan fingerprint density at radius 1 is 1.09 bits per heavy atom. The van der Waals surface area contributed by atoms with Crippen LogP contribution < -0.4 is 10.6 Å². The van der Waals surface area contributed by atoms with Crippen molar-refractivity contribution in [2.75, 3.05) is 38.6 Å². The van der Waals surface area contributed by atoms with Crippen LogP contribution in [-0.2, 0) is 14.3 Å². The van der Waals surface area contributed by atoms with Gasteiger partial charge in [0.05, 0.1) is 7.11 Å². The fourth-order valence-electron chi connectivity index (χ4n) is 4.24. The van der Waals surface area contributed by atoms with Gasteiger partial charge in [0.25, 0.3) is 11.8 Å². The number of piperidine rings is 1. The van der Waals surface area contributed by atoms with E-state index in [0.717, 1.165) is 31.1 Å². The fourth-order valence-corrected chi connectivity index (χ4v) is 5.36. The molecule has 0 radical (unpaired) electrons. The van der Waals surface area contributed by atoms with Gasteiger partial charge in [0, 0.05) is 49.9 Å². The zero-order valence-electron chi connectivity index (χ0n) is 19.1. The topological polar surface area (TPSA) is 120 Å². The van der Waals surface area contributed by atoms with E-state index in [1.165, 1.54) is 18.9 Å². The molecule has 34 heavy (non-hydrogen) atoms. The number of ether oxygens (including phenoxy) is 1. The number of likely N-dealkylation sites (tertiary alicyclic amines) is 2. The van der Waals surface area contributed by atoms with Crippen molar-refractivity contribution >= 4 is 46.4 Å². The minimum atomic E-state index is -0.494. The zero-order valence-corrected chi connectivity index (χ0v) is 19.9. The maximum absolute atomic E-state index is 12.6. The molecule has 0 aromatic heterocycles. The number of nitrogens with zero attached hydrogens (tertiary/aromatic N) is 3. The van der Waals surface area contributed by atoms with Gasteiger partial charge in [-0.3, -0.25) is 14.4 Å². The summed E-state index contributed by atoms with van der Waals surface area (Å²) in [5.41, 5.74) is 1.04. The van der Waals surface area contributed by atoms with E-state index >= 15 is 0 Å². The average Bonchev–Trinajstić information content (AvgIpc) is 3.50. The van der Waals surface area contributed by atoms with Gasteiger partial charge in [0.15, 0.2) is 5.17 Å². The molecule has 3 heterocycles. The Bertz CT molecular complexity index is 968. The van der Waals surface area contributed by atoms with Gasteiger partial charge in [-0.15, -0.1) is 0 Å². The van der Waals surface area contributed by atoms with Gasteiger partial charge in [0.2, 0.25) is 5.91 Å². The predicted molar refractivity (Wildman–Crippen MR) is 129 cm³/mol. The van der Waals surface area contributed by atoms with E-state index in [-0.39, 0.29) is 36.3 Å². The van der Waals surface area contributed by atoms with Crippen LogP contribution >= 0.6 is 11.8 Å². The molecule has 4 amide bonds. The van der Waals surface area contributed by atoms with Gasteiger partial charge in [-0.2, -0.15) is 4.99 Å². The summed E-state index contributed by atoms with van der Waals surface area (Å²) in [7, 11) is 1.36. The second-order valence-electron chi connectivity index (χ2n) is 8.57. The van der Waals surface area contributed by atoms with Gasteiger partial charge in [-0.25, -0.2) is 4.79 Å². The largest absolute Gasteiger partial charge is 0.453 e. The highest BCUT2D eigenvalue weighted by Crippen LogP contribution is 2.29. The lowest BCUT2D eigenvalue weighted by molar-refractivity contribution is -0.121. The Morgan fingerprint density at radius 2 is 1.76 bits per heavy atom. The Morgan fingerprint density at radius 3 is 2.41 bits per heavy atom. The number of benzene rings is 1. The molecule has 2 N–H and O–H groups in total. The summed E-state index contributed by atoms with van der Waals surface area (Å²) in [6.07, 6.45) is 3.23. The molecule has 0 aliphatic carbocycles. The Labute approximate surface area is 202 Å². The molecule has 182 valence electrons. The quantitative estimate of drug-likeness (QED) is 0.652. The van der Waals surface area contributed by atoms with Crippen LogP contribution in [0.3, 0.4) is 0 Å². The van der Waals surface area contributed by atoms with Gasteiger partial charge in [0.1, 0.15) is 5.25 Å². The smallest absolute Gasteiger partial charge is 0.409 e. The molecule has 1 aromatic carbocycles. The standard InChI is InChI=1S/C23H29N5O5S/c1-33-23(32)28-12-8-17(9-13-28)25-20(30)15-4-6-16(7-5-15)24-19(29)14-18-21(31)26-22(34-18)27-10-2-3-11-27/h4-7,17-18H,2-3,8-14H2,1H3,(H,24,29)(H,25,30). The molecule has 0 bridgehead atoms. The first-order valence-electron chi connectivity index (χ1n) is 11.5. The van der Waals surface area contributed by atoms with Crippen molar-refractivity contribution in [1.82, 2.24) is 15.1 Å². The van der Waals surface area contributed by atoms with Crippen LogP contribution in [0.1, 0.15) is 42.5 Å². The number of hydrogen-bond acceptors (Lipinski definition) is 7. The molecule has 1 unspecified atom stereocenters. The van der Waals surface area contributed by atoms with E-state index in [2.05, 4.69) is 20.5 Å². The van der Waals surface area contributed by atoms with Crippen molar-refractivity contribution in [3.05, 3.63) is 29.8 Å². The van der Waals surface area contributed by atoms with E-state index in [1.54, 1.807) is 29.2 Å². The molecule has 0 saturated carbocycles. The molecule has 1 atom stereocenters. The molecule has 2 saturated heterocycles. The number of methoxy groups -OCH3 is 1. The van der Waals surface area contributed by atoms with Crippen LogP contribution in [0.2, 0.25) is 0 Å². The minimum absolute atomic E-state index is 0.0121. The molecule has 10 nitrogen and oxygen atoms in total. The number of hydrogen-bond donors (Lipinski definition) is 2. The summed E-state index contributed by atoms with van der Waals surface area (Å²) in [6.45, 7) is 2.89. The highest BCUT2D eigenvalue weighted by atomic mass is 32.2. The van der Waals surface area contributed by atoms with Crippen molar-refractivity contribution in [1.29, 1.82) is 0 Å². The monoisotopic (exact) mass is 487 g/mol. The zero-order chi connectivity index (χ0) is 24.1. The number of amides is 4. The molecule has 1 aromatic rings. The second-order valence-corrected chi connectivity index (χ2v) is 9.74. The SMILES string of the molecule is COC(=O)N1CCC(NC(=O)c2ccc(NC(=O)CC3SC(N4CCCC4)=NC3=O)cc2)CC1. The van der Waals surface area contributed by atoms with Crippen molar-refractivity contribution in [2.45, 2.75) is 43.4 Å². The van der Waals surface area contributed by atoms with Crippen LogP contribution in [0.25, 0.3) is 0 Å². The number of anilines is 1. The summed E-state index contributed by atoms with van der Waals surface area (Å²) in [5.74, 6) is -0.723. The van der Waals surface area contributed by atoms with Gasteiger partial charge in [-0.1, -0.05) is 11.8 Å². The third kappa shape index (κ3) is 5.88. The van der Waals surface area contributed by atoms with Crippen LogP contribution in [0.5, 0.6) is 0 Å². The maximum Gasteiger partial charge on any atom is 0.409 e. The van der Waals surface area contributed by atoms with E-state index in [0.29, 0.717) is 37.2 Å². The average molecular weight is 488 g/mol. The van der Waals surface area contributed by atoms with Crippen molar-refractivity contribution < 1.29 is 23.9 Å². The first-order chi connectivity index (χ1) is 16.4. The number of thioether (sulfide) groups is 1. The second kappa shape index (κ2) is 10.9. The number of nitrogens with one attached hydrogen (secondary N) is 2. The molecule has 11 heteroatoms. The molecule has 2 fully saturated rings. The number of aliphatic imine (C=N–C) groups is 1. The first-order valence-corrected chi connectivity index (χ1v) is 12.4. The van der Waals surface area contributed by atoms with Crippen molar-refractivity contribution in [2.24, 2.45) is 4.99 Å². The number of rotatable bonds is 5. The maximum atomic E-state index is 12.6. The van der Waals surface area contributed by atoms with E-state index in [9.17, 15) is 19.2 Å². The van der Waals surface area contributed by atoms with Crippen molar-refractivity contribution in [3.8, 4) is 0 Å². The lowest BCUT2D eigenvalue weighted by Gasteiger charge is -2.31. The van der Waals surface area contributed by atoms with Crippen LogP contribution in [0.15, 0.2) is 29.3 Å². The molecule has 3 aliphatic heterocycles. The Hall–Kier alpha value is -3.08. The van der Waals surface area contributed by atoms with E-state index in [1.807, 2.05) is 0 Å². The Kier molecular flexibility index (Phi) is 7.71. The lowest BCUT2D eigenvalue weighted by atomic mass is 10.0. The Balaban J connectivity index is 1.22. The normalized spacial score (nSPS) is 20.8.